The van der Waals surface area contributed by atoms with Gasteiger partial charge < -0.3 is 9.88 Å². The van der Waals surface area contributed by atoms with Crippen molar-refractivity contribution in [1.82, 2.24) is 20.1 Å². The Hall–Kier alpha value is -2.28. The monoisotopic (exact) mass is 460 g/mol. The summed E-state index contributed by atoms with van der Waals surface area (Å²) >= 11 is 13.8. The first-order valence-electron chi connectivity index (χ1n) is 9.37. The van der Waals surface area contributed by atoms with Crippen LogP contribution < -0.4 is 5.32 Å². The highest BCUT2D eigenvalue weighted by Gasteiger charge is 2.20. The van der Waals surface area contributed by atoms with Crippen molar-refractivity contribution in [2.24, 2.45) is 0 Å². The van der Waals surface area contributed by atoms with Gasteiger partial charge in [-0.25, -0.2) is 0 Å². The Morgan fingerprint density at radius 1 is 1.27 bits per heavy atom. The number of allylic oxidation sites excluding steroid dienone is 1. The van der Waals surface area contributed by atoms with Crippen LogP contribution in [0.2, 0.25) is 10.0 Å². The number of aryl methyl sites for hydroxylation is 1. The van der Waals surface area contributed by atoms with Gasteiger partial charge in [0.05, 0.1) is 6.04 Å². The van der Waals surface area contributed by atoms with Gasteiger partial charge in [0.25, 0.3) is 5.91 Å². The third-order valence-corrected chi connectivity index (χ3v) is 6.05. The van der Waals surface area contributed by atoms with Crippen molar-refractivity contribution in [2.45, 2.75) is 37.3 Å². The van der Waals surface area contributed by atoms with Crippen LogP contribution in [0.25, 0.3) is 0 Å². The lowest BCUT2D eigenvalue weighted by molar-refractivity contribution is 0.0937. The fourth-order valence-electron chi connectivity index (χ4n) is 2.94. The van der Waals surface area contributed by atoms with E-state index in [1.54, 1.807) is 18.2 Å². The van der Waals surface area contributed by atoms with Crippen LogP contribution in [0.4, 0.5) is 0 Å². The van der Waals surface area contributed by atoms with Gasteiger partial charge in [0, 0.05) is 27.9 Å². The van der Waals surface area contributed by atoms with E-state index >= 15 is 0 Å². The molecular formula is C22H22Cl2N4OS. The standard InChI is InChI=1S/C22H22Cl2N4OS/c1-4-10-28-20(15(3)25-21(29)16-7-5-6-14(2)11-16)26-27-22(28)30-13-17-8-9-18(23)12-19(17)24/h4-9,11-12,15H,1,10,13H2,2-3H3,(H,25,29)/t15-/m1/s1. The highest BCUT2D eigenvalue weighted by atomic mass is 35.5. The summed E-state index contributed by atoms with van der Waals surface area (Å²) < 4.78 is 1.95. The zero-order valence-electron chi connectivity index (χ0n) is 16.7. The second-order valence-corrected chi connectivity index (χ2v) is 8.62. The molecule has 0 saturated heterocycles. The number of rotatable bonds is 8. The molecule has 1 heterocycles. The normalized spacial score (nSPS) is 11.9. The number of hydrogen-bond acceptors (Lipinski definition) is 4. The van der Waals surface area contributed by atoms with Crippen molar-refractivity contribution < 1.29 is 4.79 Å². The molecule has 3 rings (SSSR count). The van der Waals surface area contributed by atoms with Crippen molar-refractivity contribution in [3.63, 3.8) is 0 Å². The highest BCUT2D eigenvalue weighted by molar-refractivity contribution is 7.98. The lowest BCUT2D eigenvalue weighted by Gasteiger charge is -2.15. The molecule has 0 aliphatic rings. The van der Waals surface area contributed by atoms with E-state index in [1.807, 2.05) is 48.7 Å². The van der Waals surface area contributed by atoms with Crippen LogP contribution in [0.5, 0.6) is 0 Å². The molecule has 1 amide bonds. The van der Waals surface area contributed by atoms with Gasteiger partial charge in [-0.2, -0.15) is 0 Å². The Bertz CT molecular complexity index is 1070. The largest absolute Gasteiger partial charge is 0.342 e. The van der Waals surface area contributed by atoms with Gasteiger partial charge >= 0.3 is 0 Å². The Kier molecular flexibility index (Phi) is 7.58. The number of halogens is 2. The molecule has 0 bridgehead atoms. The molecular weight excluding hydrogens is 439 g/mol. The van der Waals surface area contributed by atoms with Crippen LogP contribution in [-0.4, -0.2) is 20.7 Å². The second-order valence-electron chi connectivity index (χ2n) is 6.83. The topological polar surface area (TPSA) is 59.8 Å². The summed E-state index contributed by atoms with van der Waals surface area (Å²) in [6, 6.07) is 12.6. The average Bonchev–Trinajstić information content (AvgIpc) is 3.10. The number of thioether (sulfide) groups is 1. The maximum Gasteiger partial charge on any atom is 0.251 e. The maximum absolute atomic E-state index is 12.6. The van der Waals surface area contributed by atoms with Gasteiger partial charge in [0.2, 0.25) is 0 Å². The molecule has 1 aromatic heterocycles. The predicted octanol–water partition coefficient (Wildman–Crippen LogP) is 5.86. The Morgan fingerprint density at radius 3 is 2.77 bits per heavy atom. The number of nitrogens with one attached hydrogen (secondary N) is 1. The van der Waals surface area contributed by atoms with Crippen molar-refractivity contribution in [3.05, 3.63) is 87.7 Å². The third kappa shape index (κ3) is 5.45. The summed E-state index contributed by atoms with van der Waals surface area (Å²) in [5.74, 6) is 1.14. The predicted molar refractivity (Wildman–Crippen MR) is 123 cm³/mol. The zero-order chi connectivity index (χ0) is 21.7. The molecule has 0 fully saturated rings. The summed E-state index contributed by atoms with van der Waals surface area (Å²) in [6.07, 6.45) is 1.78. The van der Waals surface area contributed by atoms with E-state index in [1.165, 1.54) is 11.8 Å². The Morgan fingerprint density at radius 2 is 2.07 bits per heavy atom. The minimum atomic E-state index is -0.320. The van der Waals surface area contributed by atoms with E-state index < -0.39 is 0 Å². The van der Waals surface area contributed by atoms with Crippen LogP contribution in [0.1, 0.15) is 40.3 Å². The first-order valence-corrected chi connectivity index (χ1v) is 11.1. The van der Waals surface area contributed by atoms with E-state index in [0.717, 1.165) is 16.3 Å². The van der Waals surface area contributed by atoms with Gasteiger partial charge in [-0.3, -0.25) is 4.79 Å². The molecule has 0 unspecified atom stereocenters. The number of aromatic nitrogens is 3. The molecule has 0 radical (unpaired) electrons. The number of carbonyl (C=O) groups excluding carboxylic acids is 1. The van der Waals surface area contributed by atoms with E-state index in [4.69, 9.17) is 23.2 Å². The van der Waals surface area contributed by atoms with Crippen LogP contribution >= 0.6 is 35.0 Å². The van der Waals surface area contributed by atoms with E-state index in [-0.39, 0.29) is 11.9 Å². The molecule has 0 aliphatic heterocycles. The number of benzene rings is 2. The van der Waals surface area contributed by atoms with E-state index in [0.29, 0.717) is 33.7 Å². The highest BCUT2D eigenvalue weighted by Crippen LogP contribution is 2.29. The van der Waals surface area contributed by atoms with E-state index in [9.17, 15) is 4.79 Å². The Balaban J connectivity index is 1.75. The SMILES string of the molecule is C=CCn1c(SCc2ccc(Cl)cc2Cl)nnc1[C@@H](C)NC(=O)c1cccc(C)c1. The fourth-order valence-corrected chi connectivity index (χ4v) is 4.45. The summed E-state index contributed by atoms with van der Waals surface area (Å²) in [5.41, 5.74) is 2.61. The van der Waals surface area contributed by atoms with Gasteiger partial charge in [-0.15, -0.1) is 16.8 Å². The lowest BCUT2D eigenvalue weighted by atomic mass is 10.1. The summed E-state index contributed by atoms with van der Waals surface area (Å²) in [5, 5.41) is 13.6. The molecule has 30 heavy (non-hydrogen) atoms. The Labute approximate surface area is 190 Å². The van der Waals surface area contributed by atoms with Crippen molar-refractivity contribution in [3.8, 4) is 0 Å². The van der Waals surface area contributed by atoms with Gasteiger partial charge in [-0.1, -0.05) is 64.8 Å². The fraction of sp³-hybridized carbons (Fsp3) is 0.227. The third-order valence-electron chi connectivity index (χ3n) is 4.44. The first-order chi connectivity index (χ1) is 14.4. The number of amides is 1. The van der Waals surface area contributed by atoms with Gasteiger partial charge in [-0.05, 0) is 43.7 Å². The summed E-state index contributed by atoms with van der Waals surface area (Å²) in [7, 11) is 0. The summed E-state index contributed by atoms with van der Waals surface area (Å²) in [6.45, 7) is 8.21. The van der Waals surface area contributed by atoms with Crippen molar-refractivity contribution in [1.29, 1.82) is 0 Å². The van der Waals surface area contributed by atoms with E-state index in [2.05, 4.69) is 22.1 Å². The van der Waals surface area contributed by atoms with Crippen molar-refractivity contribution in [2.75, 3.05) is 0 Å². The maximum atomic E-state index is 12.6. The number of nitrogens with zero attached hydrogens (tertiary/aromatic N) is 3. The quantitative estimate of drug-likeness (QED) is 0.337. The van der Waals surface area contributed by atoms with Crippen LogP contribution in [0.15, 0.2) is 60.3 Å². The molecule has 3 aromatic rings. The van der Waals surface area contributed by atoms with Crippen LogP contribution in [-0.2, 0) is 12.3 Å². The molecule has 0 spiro atoms. The average molecular weight is 461 g/mol. The number of hydrogen-bond donors (Lipinski definition) is 1. The van der Waals surface area contributed by atoms with Gasteiger partial charge in [0.1, 0.15) is 0 Å². The molecule has 2 aromatic carbocycles. The van der Waals surface area contributed by atoms with Gasteiger partial charge in [0.15, 0.2) is 11.0 Å². The van der Waals surface area contributed by atoms with Crippen LogP contribution in [0, 0.1) is 6.92 Å². The minimum absolute atomic E-state index is 0.151. The molecule has 1 N–H and O–H groups in total. The van der Waals surface area contributed by atoms with Crippen LogP contribution in [0.3, 0.4) is 0 Å². The van der Waals surface area contributed by atoms with Crippen molar-refractivity contribution >= 4 is 40.9 Å². The first kappa shape index (κ1) is 22.4. The molecule has 0 aliphatic carbocycles. The molecule has 0 saturated carbocycles. The molecule has 8 heteroatoms. The minimum Gasteiger partial charge on any atom is -0.342 e. The molecule has 1 atom stereocenters. The lowest BCUT2D eigenvalue weighted by Crippen LogP contribution is -2.28. The number of carbonyl (C=O) groups is 1. The zero-order valence-corrected chi connectivity index (χ0v) is 19.1. The molecule has 156 valence electrons. The molecule has 5 nitrogen and oxygen atoms in total. The smallest absolute Gasteiger partial charge is 0.251 e. The second kappa shape index (κ2) is 10.2. The summed E-state index contributed by atoms with van der Waals surface area (Å²) in [4.78, 5) is 12.6.